The molecule has 4 nitrogen and oxygen atoms in total. The highest BCUT2D eigenvalue weighted by molar-refractivity contribution is 5.67. The molecule has 2 aliphatic rings. The lowest BCUT2D eigenvalue weighted by molar-refractivity contribution is 0.136. The van der Waals surface area contributed by atoms with Gasteiger partial charge in [-0.2, -0.15) is 0 Å². The number of aryl methyl sites for hydroxylation is 1. The Labute approximate surface area is 125 Å². The molecule has 0 bridgehead atoms. The molecule has 2 atom stereocenters. The second kappa shape index (κ2) is 6.48. The minimum atomic E-state index is -0.302. The summed E-state index contributed by atoms with van der Waals surface area (Å²) in [6, 6.07) is 6.71. The standard InChI is InChI=1S/C17H23NO3/c19-11-12-3-4-14-9-15(6-5-13(14)8-12)16-2-1-7-21-17(20)18-10-16/h5-6,9,12,16,19H,1-4,7-8,10-11H2,(H,18,20)/t12?,16-/m1/s1. The molecule has 0 saturated carbocycles. The first-order chi connectivity index (χ1) is 10.3. The lowest BCUT2D eigenvalue weighted by Gasteiger charge is -2.26. The number of carbonyl (C=O) groups is 1. The monoisotopic (exact) mass is 289 g/mol. The van der Waals surface area contributed by atoms with Crippen LogP contribution in [0.4, 0.5) is 4.79 Å². The molecule has 1 aliphatic heterocycles. The number of alkyl carbamates (subject to hydrolysis) is 1. The van der Waals surface area contributed by atoms with Crippen molar-refractivity contribution in [2.45, 2.75) is 38.0 Å². The van der Waals surface area contributed by atoms with Gasteiger partial charge in [0.1, 0.15) is 0 Å². The topological polar surface area (TPSA) is 58.6 Å². The molecule has 1 aliphatic carbocycles. The van der Waals surface area contributed by atoms with Crippen molar-refractivity contribution in [2.75, 3.05) is 19.8 Å². The van der Waals surface area contributed by atoms with E-state index in [0.29, 0.717) is 25.0 Å². The number of fused-ring (bicyclic) bond motifs is 1. The van der Waals surface area contributed by atoms with E-state index in [1.54, 1.807) is 0 Å². The average molecular weight is 289 g/mol. The molecule has 3 rings (SSSR count). The Balaban J connectivity index is 1.75. The number of hydrogen-bond acceptors (Lipinski definition) is 3. The fourth-order valence-electron chi connectivity index (χ4n) is 3.40. The Bertz CT molecular complexity index is 515. The third kappa shape index (κ3) is 3.38. The summed E-state index contributed by atoms with van der Waals surface area (Å²) >= 11 is 0. The van der Waals surface area contributed by atoms with Gasteiger partial charge in [0.2, 0.25) is 0 Å². The van der Waals surface area contributed by atoms with E-state index in [1.807, 2.05) is 0 Å². The molecule has 1 heterocycles. The largest absolute Gasteiger partial charge is 0.450 e. The van der Waals surface area contributed by atoms with Crippen molar-refractivity contribution in [3.05, 3.63) is 34.9 Å². The van der Waals surface area contributed by atoms with Crippen molar-refractivity contribution >= 4 is 6.09 Å². The van der Waals surface area contributed by atoms with E-state index in [9.17, 15) is 9.90 Å². The van der Waals surface area contributed by atoms with E-state index in [0.717, 1.165) is 32.1 Å². The van der Waals surface area contributed by atoms with Crippen molar-refractivity contribution < 1.29 is 14.6 Å². The number of benzene rings is 1. The molecular weight excluding hydrogens is 266 g/mol. The molecule has 1 fully saturated rings. The van der Waals surface area contributed by atoms with E-state index < -0.39 is 0 Å². The highest BCUT2D eigenvalue weighted by Gasteiger charge is 2.21. The van der Waals surface area contributed by atoms with Crippen LogP contribution in [0.2, 0.25) is 0 Å². The maximum atomic E-state index is 11.4. The van der Waals surface area contributed by atoms with Gasteiger partial charge in [0.15, 0.2) is 0 Å². The van der Waals surface area contributed by atoms with E-state index in [2.05, 4.69) is 23.5 Å². The van der Waals surface area contributed by atoms with E-state index in [4.69, 9.17) is 4.74 Å². The third-order valence-corrected chi connectivity index (χ3v) is 4.71. The first-order valence-corrected chi connectivity index (χ1v) is 7.89. The van der Waals surface area contributed by atoms with Crippen molar-refractivity contribution in [1.82, 2.24) is 5.32 Å². The molecule has 4 heteroatoms. The van der Waals surface area contributed by atoms with Crippen LogP contribution in [0.5, 0.6) is 0 Å². The summed E-state index contributed by atoms with van der Waals surface area (Å²) in [4.78, 5) is 11.4. The SMILES string of the molecule is O=C1NC[C@H](c2ccc3c(c2)CCC(CO)C3)CCCO1. The van der Waals surface area contributed by atoms with Crippen LogP contribution < -0.4 is 5.32 Å². The molecule has 21 heavy (non-hydrogen) atoms. The van der Waals surface area contributed by atoms with Crippen LogP contribution in [0, 0.1) is 5.92 Å². The fourth-order valence-corrected chi connectivity index (χ4v) is 3.40. The van der Waals surface area contributed by atoms with Gasteiger partial charge in [0.05, 0.1) is 6.61 Å². The van der Waals surface area contributed by atoms with Gasteiger partial charge in [-0.25, -0.2) is 4.79 Å². The van der Waals surface area contributed by atoms with Crippen LogP contribution in [0.25, 0.3) is 0 Å². The van der Waals surface area contributed by atoms with Crippen LogP contribution >= 0.6 is 0 Å². The van der Waals surface area contributed by atoms with Gasteiger partial charge in [0, 0.05) is 19.1 Å². The molecule has 1 amide bonds. The van der Waals surface area contributed by atoms with Crippen molar-refractivity contribution in [1.29, 1.82) is 0 Å². The quantitative estimate of drug-likeness (QED) is 0.879. The lowest BCUT2D eigenvalue weighted by Crippen LogP contribution is -2.31. The predicted octanol–water partition coefficient (Wildman–Crippen LogP) is 2.39. The molecule has 0 radical (unpaired) electrons. The fraction of sp³-hybridized carbons (Fsp3) is 0.588. The zero-order valence-electron chi connectivity index (χ0n) is 12.3. The number of amides is 1. The predicted molar refractivity (Wildman–Crippen MR) is 80.4 cm³/mol. The Morgan fingerprint density at radius 2 is 2.19 bits per heavy atom. The number of rotatable bonds is 2. The van der Waals surface area contributed by atoms with Gasteiger partial charge < -0.3 is 15.2 Å². The van der Waals surface area contributed by atoms with Gasteiger partial charge >= 0.3 is 6.09 Å². The summed E-state index contributed by atoms with van der Waals surface area (Å²) in [5.41, 5.74) is 4.11. The maximum absolute atomic E-state index is 11.4. The van der Waals surface area contributed by atoms with Gasteiger partial charge in [-0.1, -0.05) is 18.2 Å². The van der Waals surface area contributed by atoms with Gasteiger partial charge in [-0.15, -0.1) is 0 Å². The molecule has 1 unspecified atom stereocenters. The summed E-state index contributed by atoms with van der Waals surface area (Å²) < 4.78 is 5.01. The number of ether oxygens (including phenoxy) is 1. The first kappa shape index (κ1) is 14.4. The van der Waals surface area contributed by atoms with E-state index in [1.165, 1.54) is 16.7 Å². The Kier molecular flexibility index (Phi) is 4.44. The minimum absolute atomic E-state index is 0.288. The number of nitrogens with one attached hydrogen (secondary N) is 1. The second-order valence-electron chi connectivity index (χ2n) is 6.18. The average Bonchev–Trinajstić information content (AvgIpc) is 2.50. The van der Waals surface area contributed by atoms with Gasteiger partial charge in [-0.3, -0.25) is 0 Å². The van der Waals surface area contributed by atoms with E-state index in [-0.39, 0.29) is 12.7 Å². The lowest BCUT2D eigenvalue weighted by atomic mass is 9.82. The summed E-state index contributed by atoms with van der Waals surface area (Å²) in [5.74, 6) is 0.792. The zero-order valence-corrected chi connectivity index (χ0v) is 12.3. The number of aliphatic hydroxyl groups excluding tert-OH is 1. The summed E-state index contributed by atoms with van der Waals surface area (Å²) in [5, 5.41) is 12.1. The molecule has 0 spiro atoms. The summed E-state index contributed by atoms with van der Waals surface area (Å²) in [7, 11) is 0. The molecule has 1 aromatic carbocycles. The minimum Gasteiger partial charge on any atom is -0.450 e. The molecule has 0 aromatic heterocycles. The normalized spacial score (nSPS) is 26.0. The van der Waals surface area contributed by atoms with Crippen molar-refractivity contribution in [3.63, 3.8) is 0 Å². The molecule has 1 saturated heterocycles. The van der Waals surface area contributed by atoms with Crippen LogP contribution in [-0.4, -0.2) is 31.0 Å². The summed E-state index contributed by atoms with van der Waals surface area (Å²) in [6.07, 6.45) is 4.77. The highest BCUT2D eigenvalue weighted by atomic mass is 16.5. The third-order valence-electron chi connectivity index (χ3n) is 4.71. The zero-order chi connectivity index (χ0) is 14.7. The summed E-state index contributed by atoms with van der Waals surface area (Å²) in [6.45, 7) is 1.44. The Hall–Kier alpha value is -1.55. The Morgan fingerprint density at radius 3 is 3.05 bits per heavy atom. The highest BCUT2D eigenvalue weighted by Crippen LogP contribution is 2.30. The number of hydrogen-bond donors (Lipinski definition) is 2. The molecular formula is C17H23NO3. The molecule has 114 valence electrons. The van der Waals surface area contributed by atoms with Gasteiger partial charge in [-0.05, 0) is 54.7 Å². The van der Waals surface area contributed by atoms with Crippen LogP contribution in [-0.2, 0) is 17.6 Å². The number of carbonyl (C=O) groups excluding carboxylic acids is 1. The van der Waals surface area contributed by atoms with E-state index >= 15 is 0 Å². The second-order valence-corrected chi connectivity index (χ2v) is 6.18. The smallest absolute Gasteiger partial charge is 0.407 e. The first-order valence-electron chi connectivity index (χ1n) is 7.89. The van der Waals surface area contributed by atoms with Crippen LogP contribution in [0.15, 0.2) is 18.2 Å². The van der Waals surface area contributed by atoms with Crippen LogP contribution in [0.1, 0.15) is 41.9 Å². The number of aliphatic hydroxyl groups is 1. The van der Waals surface area contributed by atoms with Gasteiger partial charge in [0.25, 0.3) is 0 Å². The number of cyclic esters (lactones) is 1. The molecule has 2 N–H and O–H groups in total. The Morgan fingerprint density at radius 1 is 1.29 bits per heavy atom. The maximum Gasteiger partial charge on any atom is 0.407 e. The van der Waals surface area contributed by atoms with Crippen LogP contribution in [0.3, 0.4) is 0 Å². The van der Waals surface area contributed by atoms with Crippen molar-refractivity contribution in [2.24, 2.45) is 5.92 Å². The molecule has 1 aromatic rings. The van der Waals surface area contributed by atoms with Crippen molar-refractivity contribution in [3.8, 4) is 0 Å².